The standard InChI is InChI=1S/C9H18O/c1-3-5-6-8-9(10)7-4-2/h6,8-10H,3-5,7H2,1-2H3/b8-6+/t9-/m0/s1. The lowest BCUT2D eigenvalue weighted by Gasteiger charge is -2.00. The molecule has 0 radical (unpaired) electrons. The van der Waals surface area contributed by atoms with Crippen LogP contribution in [0.15, 0.2) is 12.2 Å². The molecule has 1 atom stereocenters. The average molecular weight is 142 g/mol. The molecule has 10 heavy (non-hydrogen) atoms. The zero-order valence-corrected chi connectivity index (χ0v) is 7.01. The lowest BCUT2D eigenvalue weighted by Crippen LogP contribution is -1.99. The predicted octanol–water partition coefficient (Wildman–Crippen LogP) is 2.50. The van der Waals surface area contributed by atoms with Crippen LogP contribution in [0.2, 0.25) is 0 Å². The number of aliphatic hydroxyl groups is 1. The first-order chi connectivity index (χ1) is 4.81. The van der Waals surface area contributed by atoms with E-state index in [0.717, 1.165) is 25.7 Å². The Kier molecular flexibility index (Phi) is 6.61. The van der Waals surface area contributed by atoms with Gasteiger partial charge >= 0.3 is 0 Å². The first kappa shape index (κ1) is 9.70. The molecule has 0 aliphatic rings. The normalized spacial score (nSPS) is 14.3. The van der Waals surface area contributed by atoms with Crippen molar-refractivity contribution in [2.75, 3.05) is 0 Å². The van der Waals surface area contributed by atoms with Crippen molar-refractivity contribution in [3.8, 4) is 0 Å². The van der Waals surface area contributed by atoms with Crippen molar-refractivity contribution in [3.63, 3.8) is 0 Å². The van der Waals surface area contributed by atoms with Gasteiger partial charge in [-0.1, -0.05) is 38.8 Å². The summed E-state index contributed by atoms with van der Waals surface area (Å²) in [5.41, 5.74) is 0. The SMILES string of the molecule is CCC/C=C/[C@@H](O)CCC. The molecule has 0 aromatic heterocycles. The van der Waals surface area contributed by atoms with E-state index in [1.165, 1.54) is 0 Å². The Hall–Kier alpha value is -0.300. The van der Waals surface area contributed by atoms with E-state index < -0.39 is 0 Å². The Morgan fingerprint density at radius 2 is 2.00 bits per heavy atom. The lowest BCUT2D eigenvalue weighted by atomic mass is 10.2. The second kappa shape index (κ2) is 6.81. The molecule has 1 heteroatoms. The third kappa shape index (κ3) is 5.83. The smallest absolute Gasteiger partial charge is 0.0720 e. The molecular formula is C9H18O. The van der Waals surface area contributed by atoms with Gasteiger partial charge in [-0.25, -0.2) is 0 Å². The van der Waals surface area contributed by atoms with Crippen LogP contribution in [0.1, 0.15) is 39.5 Å². The summed E-state index contributed by atoms with van der Waals surface area (Å²) in [5, 5.41) is 9.19. The van der Waals surface area contributed by atoms with Crippen molar-refractivity contribution >= 4 is 0 Å². The van der Waals surface area contributed by atoms with E-state index in [2.05, 4.69) is 19.9 Å². The number of allylic oxidation sites excluding steroid dienone is 1. The Balaban J connectivity index is 3.26. The van der Waals surface area contributed by atoms with Crippen molar-refractivity contribution in [2.45, 2.75) is 45.6 Å². The van der Waals surface area contributed by atoms with Crippen molar-refractivity contribution in [2.24, 2.45) is 0 Å². The van der Waals surface area contributed by atoms with Crippen molar-refractivity contribution in [3.05, 3.63) is 12.2 Å². The van der Waals surface area contributed by atoms with Crippen LogP contribution in [0.5, 0.6) is 0 Å². The van der Waals surface area contributed by atoms with Gasteiger partial charge < -0.3 is 5.11 Å². The number of hydrogen-bond acceptors (Lipinski definition) is 1. The van der Waals surface area contributed by atoms with Crippen molar-refractivity contribution in [1.82, 2.24) is 0 Å². The molecule has 0 saturated carbocycles. The summed E-state index contributed by atoms with van der Waals surface area (Å²) in [6, 6.07) is 0. The summed E-state index contributed by atoms with van der Waals surface area (Å²) in [6.45, 7) is 4.22. The predicted molar refractivity (Wildman–Crippen MR) is 45.0 cm³/mol. The van der Waals surface area contributed by atoms with Crippen molar-refractivity contribution in [1.29, 1.82) is 0 Å². The Bertz CT molecular complexity index is 86.7. The van der Waals surface area contributed by atoms with E-state index in [-0.39, 0.29) is 6.10 Å². The van der Waals surface area contributed by atoms with Gasteiger partial charge in [-0.15, -0.1) is 0 Å². The zero-order chi connectivity index (χ0) is 7.82. The maximum atomic E-state index is 9.19. The van der Waals surface area contributed by atoms with Crippen LogP contribution in [0.4, 0.5) is 0 Å². The fourth-order valence-electron chi connectivity index (χ4n) is 0.812. The highest BCUT2D eigenvalue weighted by atomic mass is 16.3. The second-order valence-corrected chi connectivity index (χ2v) is 2.57. The van der Waals surface area contributed by atoms with E-state index >= 15 is 0 Å². The van der Waals surface area contributed by atoms with Gasteiger partial charge in [0.25, 0.3) is 0 Å². The summed E-state index contributed by atoms with van der Waals surface area (Å²) >= 11 is 0. The van der Waals surface area contributed by atoms with Gasteiger partial charge in [0.15, 0.2) is 0 Å². The molecular weight excluding hydrogens is 124 g/mol. The quantitative estimate of drug-likeness (QED) is 0.585. The fourth-order valence-corrected chi connectivity index (χ4v) is 0.812. The topological polar surface area (TPSA) is 20.2 Å². The van der Waals surface area contributed by atoms with Gasteiger partial charge in [0, 0.05) is 0 Å². The molecule has 0 amide bonds. The first-order valence-electron chi connectivity index (χ1n) is 4.16. The minimum Gasteiger partial charge on any atom is -0.389 e. The monoisotopic (exact) mass is 142 g/mol. The molecule has 0 heterocycles. The molecule has 1 nitrogen and oxygen atoms in total. The fraction of sp³-hybridized carbons (Fsp3) is 0.778. The molecule has 1 N–H and O–H groups in total. The summed E-state index contributed by atoms with van der Waals surface area (Å²) in [5.74, 6) is 0. The second-order valence-electron chi connectivity index (χ2n) is 2.57. The Morgan fingerprint density at radius 3 is 2.50 bits per heavy atom. The zero-order valence-electron chi connectivity index (χ0n) is 7.01. The summed E-state index contributed by atoms with van der Waals surface area (Å²) < 4.78 is 0. The minimum atomic E-state index is -0.212. The van der Waals surface area contributed by atoms with Crippen molar-refractivity contribution < 1.29 is 5.11 Å². The van der Waals surface area contributed by atoms with E-state index in [0.29, 0.717) is 0 Å². The van der Waals surface area contributed by atoms with E-state index in [9.17, 15) is 5.11 Å². The largest absolute Gasteiger partial charge is 0.389 e. The first-order valence-corrected chi connectivity index (χ1v) is 4.16. The number of unbranched alkanes of at least 4 members (excludes halogenated alkanes) is 1. The summed E-state index contributed by atoms with van der Waals surface area (Å²) in [4.78, 5) is 0. The van der Waals surface area contributed by atoms with E-state index in [1.807, 2.05) is 6.08 Å². The number of rotatable bonds is 5. The maximum Gasteiger partial charge on any atom is 0.0720 e. The van der Waals surface area contributed by atoms with Crippen LogP contribution >= 0.6 is 0 Å². The number of aliphatic hydroxyl groups excluding tert-OH is 1. The third-order valence-corrected chi connectivity index (χ3v) is 1.40. The summed E-state index contributed by atoms with van der Waals surface area (Å²) in [6.07, 6.45) is 7.93. The molecule has 0 aliphatic heterocycles. The van der Waals surface area contributed by atoms with Gasteiger partial charge in [-0.3, -0.25) is 0 Å². The minimum absolute atomic E-state index is 0.212. The Morgan fingerprint density at radius 1 is 1.30 bits per heavy atom. The van der Waals surface area contributed by atoms with Gasteiger partial charge in [-0.2, -0.15) is 0 Å². The molecule has 0 saturated heterocycles. The average Bonchev–Trinajstić information content (AvgIpc) is 1.89. The summed E-state index contributed by atoms with van der Waals surface area (Å²) in [7, 11) is 0. The highest BCUT2D eigenvalue weighted by Crippen LogP contribution is 1.98. The molecule has 0 spiro atoms. The van der Waals surface area contributed by atoms with Gasteiger partial charge in [-0.05, 0) is 12.8 Å². The molecule has 60 valence electrons. The molecule has 0 rings (SSSR count). The van der Waals surface area contributed by atoms with Gasteiger partial charge in [0.2, 0.25) is 0 Å². The van der Waals surface area contributed by atoms with Gasteiger partial charge in [0.1, 0.15) is 0 Å². The Labute approximate surface area is 63.8 Å². The molecule has 0 aliphatic carbocycles. The highest BCUT2D eigenvalue weighted by Gasteiger charge is 1.93. The van der Waals surface area contributed by atoms with Crippen LogP contribution < -0.4 is 0 Å². The maximum absolute atomic E-state index is 9.19. The van der Waals surface area contributed by atoms with Crippen LogP contribution in [0.25, 0.3) is 0 Å². The van der Waals surface area contributed by atoms with E-state index in [1.54, 1.807) is 0 Å². The number of hydrogen-bond donors (Lipinski definition) is 1. The molecule has 0 aromatic carbocycles. The molecule has 0 unspecified atom stereocenters. The molecule has 0 aromatic rings. The lowest BCUT2D eigenvalue weighted by molar-refractivity contribution is 0.211. The van der Waals surface area contributed by atoms with E-state index in [4.69, 9.17) is 0 Å². The third-order valence-electron chi connectivity index (χ3n) is 1.40. The van der Waals surface area contributed by atoms with Crippen LogP contribution in [0, 0.1) is 0 Å². The van der Waals surface area contributed by atoms with Crippen LogP contribution in [0.3, 0.4) is 0 Å². The van der Waals surface area contributed by atoms with Crippen LogP contribution in [-0.4, -0.2) is 11.2 Å². The molecule has 0 fully saturated rings. The molecule has 0 bridgehead atoms. The van der Waals surface area contributed by atoms with Crippen LogP contribution in [-0.2, 0) is 0 Å². The highest BCUT2D eigenvalue weighted by molar-refractivity contribution is 4.87. The van der Waals surface area contributed by atoms with Gasteiger partial charge in [0.05, 0.1) is 6.10 Å².